The molecule has 0 saturated carbocycles. The van der Waals surface area contributed by atoms with Crippen LogP contribution in [0.15, 0.2) is 60.9 Å². The van der Waals surface area contributed by atoms with Gasteiger partial charge in [-0.2, -0.15) is 4.39 Å². The van der Waals surface area contributed by atoms with Crippen molar-refractivity contribution in [2.75, 3.05) is 5.73 Å². The molecule has 0 amide bonds. The minimum Gasteiger partial charge on any atom is -0.457 e. The highest BCUT2D eigenvalue weighted by Gasteiger charge is 2.16. The van der Waals surface area contributed by atoms with Gasteiger partial charge in [0.2, 0.25) is 5.95 Å². The normalized spacial score (nSPS) is 10.3. The Bertz CT molecular complexity index is 815. The molecule has 3 N–H and O–H groups in total. The quantitative estimate of drug-likeness (QED) is 0.571. The van der Waals surface area contributed by atoms with Gasteiger partial charge in [0.25, 0.3) is 0 Å². The van der Waals surface area contributed by atoms with Crippen LogP contribution in [0.1, 0.15) is 11.1 Å². The van der Waals surface area contributed by atoms with Crippen LogP contribution in [0.3, 0.4) is 0 Å². The summed E-state index contributed by atoms with van der Waals surface area (Å²) in [6.45, 7) is 0. The molecule has 0 unspecified atom stereocenters. The van der Waals surface area contributed by atoms with Crippen LogP contribution in [-0.2, 0) is 0 Å². The van der Waals surface area contributed by atoms with Crippen LogP contribution < -0.4 is 10.5 Å². The van der Waals surface area contributed by atoms with Crippen molar-refractivity contribution in [3.05, 3.63) is 78.0 Å². The van der Waals surface area contributed by atoms with E-state index in [1.165, 1.54) is 0 Å². The number of halogens is 1. The van der Waals surface area contributed by atoms with E-state index in [0.29, 0.717) is 17.1 Å². The lowest BCUT2D eigenvalue weighted by Gasteiger charge is -2.09. The number of rotatable bonds is 4. The molecular weight excluding hydrogens is 295 g/mol. The number of anilines is 1. The smallest absolute Gasteiger partial charge is 0.227 e. The third kappa shape index (κ3) is 3.16. The standard InChI is InChI=1S/C17H13FN4O/c18-16-14(17(20)22-10-21-16)15(19)11-6-8-13(9-7-11)23-12-4-2-1-3-5-12/h1-10,19H,(H2,20,21,22). The Hall–Kier alpha value is -3.28. The maximum Gasteiger partial charge on any atom is 0.227 e. The fourth-order valence-electron chi connectivity index (χ4n) is 2.07. The summed E-state index contributed by atoms with van der Waals surface area (Å²) in [7, 11) is 0. The number of aromatic nitrogens is 2. The second kappa shape index (κ2) is 6.23. The fraction of sp³-hybridized carbons (Fsp3) is 0. The van der Waals surface area contributed by atoms with E-state index in [-0.39, 0.29) is 17.1 Å². The van der Waals surface area contributed by atoms with Gasteiger partial charge in [0.05, 0.1) is 11.3 Å². The molecule has 0 bridgehead atoms. The van der Waals surface area contributed by atoms with E-state index in [2.05, 4.69) is 9.97 Å². The van der Waals surface area contributed by atoms with Crippen LogP contribution >= 0.6 is 0 Å². The van der Waals surface area contributed by atoms with Crippen LogP contribution in [0.4, 0.5) is 10.2 Å². The molecule has 0 spiro atoms. The minimum atomic E-state index is -0.813. The number of benzene rings is 2. The zero-order valence-corrected chi connectivity index (χ0v) is 12.0. The Morgan fingerprint density at radius 1 is 0.957 bits per heavy atom. The number of nitrogens with one attached hydrogen (secondary N) is 1. The molecule has 1 aromatic heterocycles. The molecule has 2 aromatic carbocycles. The van der Waals surface area contributed by atoms with Gasteiger partial charge in [-0.15, -0.1) is 0 Å². The van der Waals surface area contributed by atoms with E-state index in [1.807, 2.05) is 30.3 Å². The number of nitrogen functional groups attached to an aromatic ring is 1. The van der Waals surface area contributed by atoms with Gasteiger partial charge >= 0.3 is 0 Å². The largest absolute Gasteiger partial charge is 0.457 e. The Morgan fingerprint density at radius 3 is 2.26 bits per heavy atom. The lowest BCUT2D eigenvalue weighted by Crippen LogP contribution is -2.11. The predicted molar refractivity (Wildman–Crippen MR) is 85.3 cm³/mol. The van der Waals surface area contributed by atoms with Gasteiger partial charge in [-0.1, -0.05) is 18.2 Å². The summed E-state index contributed by atoms with van der Waals surface area (Å²) in [5, 5.41) is 8.10. The predicted octanol–water partition coefficient (Wildman–Crippen LogP) is 3.41. The zero-order chi connectivity index (χ0) is 16.2. The van der Waals surface area contributed by atoms with Crippen molar-refractivity contribution in [2.45, 2.75) is 0 Å². The Balaban J connectivity index is 1.83. The second-order valence-electron chi connectivity index (χ2n) is 4.74. The van der Waals surface area contributed by atoms with Crippen molar-refractivity contribution < 1.29 is 9.13 Å². The summed E-state index contributed by atoms with van der Waals surface area (Å²) in [6, 6.07) is 16.1. The Morgan fingerprint density at radius 2 is 1.61 bits per heavy atom. The summed E-state index contributed by atoms with van der Waals surface area (Å²) in [5.41, 5.74) is 5.94. The van der Waals surface area contributed by atoms with Gasteiger partial charge in [0, 0.05) is 5.56 Å². The third-order valence-corrected chi connectivity index (χ3v) is 3.20. The molecule has 3 aromatic rings. The minimum absolute atomic E-state index is 0.0629. The molecule has 23 heavy (non-hydrogen) atoms. The number of nitrogens with two attached hydrogens (primary N) is 1. The molecule has 0 aliphatic rings. The van der Waals surface area contributed by atoms with E-state index in [0.717, 1.165) is 6.33 Å². The van der Waals surface area contributed by atoms with E-state index in [1.54, 1.807) is 24.3 Å². The van der Waals surface area contributed by atoms with Crippen molar-refractivity contribution >= 4 is 11.5 Å². The average Bonchev–Trinajstić information content (AvgIpc) is 2.56. The molecule has 0 aliphatic carbocycles. The summed E-state index contributed by atoms with van der Waals surface area (Å²) in [6.07, 6.45) is 1.03. The first-order valence-electron chi connectivity index (χ1n) is 6.83. The lowest BCUT2D eigenvalue weighted by atomic mass is 10.0. The van der Waals surface area contributed by atoms with Gasteiger partial charge < -0.3 is 10.5 Å². The highest BCUT2D eigenvalue weighted by Crippen LogP contribution is 2.23. The van der Waals surface area contributed by atoms with Gasteiger partial charge in [-0.25, -0.2) is 9.97 Å². The van der Waals surface area contributed by atoms with E-state index in [4.69, 9.17) is 15.9 Å². The van der Waals surface area contributed by atoms with Crippen LogP contribution in [0.5, 0.6) is 11.5 Å². The zero-order valence-electron chi connectivity index (χ0n) is 12.0. The SMILES string of the molecule is N=C(c1ccc(Oc2ccccc2)cc1)c1c(N)ncnc1F. The number of hydrogen-bond donors (Lipinski definition) is 2. The topological polar surface area (TPSA) is 84.9 Å². The molecule has 0 atom stereocenters. The fourth-order valence-corrected chi connectivity index (χ4v) is 2.07. The molecule has 6 heteroatoms. The van der Waals surface area contributed by atoms with Crippen LogP contribution in [0.2, 0.25) is 0 Å². The Kier molecular flexibility index (Phi) is 3.97. The summed E-state index contributed by atoms with van der Waals surface area (Å²) in [5.74, 6) is 0.451. The van der Waals surface area contributed by atoms with Gasteiger partial charge in [0.1, 0.15) is 23.6 Å². The Labute approximate surface area is 132 Å². The highest BCUT2D eigenvalue weighted by molar-refractivity contribution is 6.13. The van der Waals surface area contributed by atoms with E-state index >= 15 is 0 Å². The molecule has 1 heterocycles. The lowest BCUT2D eigenvalue weighted by molar-refractivity contribution is 0.482. The second-order valence-corrected chi connectivity index (χ2v) is 4.74. The van der Waals surface area contributed by atoms with E-state index in [9.17, 15) is 4.39 Å². The monoisotopic (exact) mass is 308 g/mol. The van der Waals surface area contributed by atoms with Gasteiger partial charge in [-0.3, -0.25) is 5.41 Å². The van der Waals surface area contributed by atoms with Crippen LogP contribution in [0.25, 0.3) is 0 Å². The van der Waals surface area contributed by atoms with Crippen molar-refractivity contribution in [2.24, 2.45) is 0 Å². The number of nitrogens with zero attached hydrogens (tertiary/aromatic N) is 2. The summed E-state index contributed by atoms with van der Waals surface area (Å²) >= 11 is 0. The first kappa shape index (κ1) is 14.6. The van der Waals surface area contributed by atoms with Crippen LogP contribution in [0, 0.1) is 11.4 Å². The maximum atomic E-state index is 13.8. The number of ether oxygens (including phenoxy) is 1. The number of hydrogen-bond acceptors (Lipinski definition) is 5. The molecule has 0 fully saturated rings. The average molecular weight is 308 g/mol. The van der Waals surface area contributed by atoms with Crippen molar-refractivity contribution in [1.82, 2.24) is 9.97 Å². The summed E-state index contributed by atoms with van der Waals surface area (Å²) in [4.78, 5) is 7.16. The summed E-state index contributed by atoms with van der Waals surface area (Å²) < 4.78 is 19.4. The molecule has 0 radical (unpaired) electrons. The third-order valence-electron chi connectivity index (χ3n) is 3.20. The molecule has 5 nitrogen and oxygen atoms in total. The molecule has 3 rings (SSSR count). The molecule has 0 saturated heterocycles. The first-order valence-corrected chi connectivity index (χ1v) is 6.83. The first-order chi connectivity index (χ1) is 11.1. The number of para-hydroxylation sites is 1. The van der Waals surface area contributed by atoms with Crippen molar-refractivity contribution in [1.29, 1.82) is 5.41 Å². The van der Waals surface area contributed by atoms with Gasteiger partial charge in [-0.05, 0) is 36.4 Å². The van der Waals surface area contributed by atoms with Gasteiger partial charge in [0.15, 0.2) is 0 Å². The molecule has 114 valence electrons. The van der Waals surface area contributed by atoms with Crippen molar-refractivity contribution in [3.63, 3.8) is 0 Å². The van der Waals surface area contributed by atoms with Crippen LogP contribution in [-0.4, -0.2) is 15.7 Å². The molecule has 0 aliphatic heterocycles. The van der Waals surface area contributed by atoms with Crippen molar-refractivity contribution in [3.8, 4) is 11.5 Å². The highest BCUT2D eigenvalue weighted by atomic mass is 19.1. The van der Waals surface area contributed by atoms with E-state index < -0.39 is 5.95 Å². The maximum absolute atomic E-state index is 13.8. The molecular formula is C17H13FN4O.